The molecule has 2 fully saturated rings. The summed E-state index contributed by atoms with van der Waals surface area (Å²) in [5, 5.41) is 6.74. The van der Waals surface area contributed by atoms with Crippen molar-refractivity contribution in [2.45, 2.75) is 85.1 Å². The topological polar surface area (TPSA) is 32.7 Å². The number of rotatable bonds is 8. The first-order valence-corrected chi connectivity index (χ1v) is 11.9. The van der Waals surface area contributed by atoms with Gasteiger partial charge in [-0.1, -0.05) is 58.7 Å². The molecule has 4 heteroatoms. The molecule has 0 saturated heterocycles. The van der Waals surface area contributed by atoms with Crippen LogP contribution in [0.4, 0.5) is 4.39 Å². The molecule has 1 aromatic rings. The van der Waals surface area contributed by atoms with Crippen LogP contribution in [0.5, 0.6) is 0 Å². The lowest BCUT2D eigenvalue weighted by molar-refractivity contribution is -0.115. The quantitative estimate of drug-likeness (QED) is 0.454. The summed E-state index contributed by atoms with van der Waals surface area (Å²) in [4.78, 5) is 13.3. The van der Waals surface area contributed by atoms with Crippen LogP contribution >= 0.6 is 0 Å². The Labute approximate surface area is 181 Å². The second-order valence-electron chi connectivity index (χ2n) is 10.6. The van der Waals surface area contributed by atoms with Crippen LogP contribution in [0.2, 0.25) is 0 Å². The molecule has 3 aliphatic rings. The maximum Gasteiger partial charge on any atom is 0.179 e. The fourth-order valence-corrected chi connectivity index (χ4v) is 6.49. The van der Waals surface area contributed by atoms with E-state index in [2.05, 4.69) is 27.7 Å². The number of carbonyl (C=O) groups excluding carboxylic acids is 1. The minimum atomic E-state index is -0.200. The minimum Gasteiger partial charge on any atom is -0.293 e. The fraction of sp³-hybridized carbons (Fsp3) is 0.692. The lowest BCUT2D eigenvalue weighted by Gasteiger charge is -2.39. The Hall–Kier alpha value is -1.71. The van der Waals surface area contributed by atoms with Gasteiger partial charge in [0.25, 0.3) is 0 Å². The largest absolute Gasteiger partial charge is 0.293 e. The molecule has 164 valence electrons. The van der Waals surface area contributed by atoms with Crippen LogP contribution in [0.3, 0.4) is 0 Å². The average molecular weight is 413 g/mol. The maximum atomic E-state index is 14.5. The van der Waals surface area contributed by atoms with E-state index >= 15 is 0 Å². The second kappa shape index (κ2) is 8.09. The Bertz CT molecular complexity index is 832. The van der Waals surface area contributed by atoms with Crippen molar-refractivity contribution in [3.63, 3.8) is 0 Å². The molecule has 0 N–H and O–H groups in total. The molecule has 30 heavy (non-hydrogen) atoms. The van der Waals surface area contributed by atoms with Crippen molar-refractivity contribution < 1.29 is 9.18 Å². The van der Waals surface area contributed by atoms with Gasteiger partial charge in [0.1, 0.15) is 11.5 Å². The van der Waals surface area contributed by atoms with Gasteiger partial charge in [0.2, 0.25) is 0 Å². The predicted octanol–water partition coefficient (Wildman–Crippen LogP) is 6.54. The molecule has 4 atom stereocenters. The SMILES string of the molecule is CCCCCN1N=C(C(=O)C[C@H]2C[C@@H]3CC[C@]2(C)C3(C)C)CC1c1ccccc1F. The predicted molar refractivity (Wildman–Crippen MR) is 120 cm³/mol. The van der Waals surface area contributed by atoms with Crippen molar-refractivity contribution in [3.8, 4) is 0 Å². The Morgan fingerprint density at radius 3 is 2.63 bits per heavy atom. The molecular formula is C26H37FN2O. The number of Topliss-reactive ketones (excluding diaryl/α,β-unsaturated/α-hetero) is 1. The van der Waals surface area contributed by atoms with Crippen LogP contribution < -0.4 is 0 Å². The third-order valence-electron chi connectivity index (χ3n) is 8.98. The molecule has 0 radical (unpaired) electrons. The molecule has 1 heterocycles. The summed E-state index contributed by atoms with van der Waals surface area (Å²) in [6.45, 7) is 10.1. The summed E-state index contributed by atoms with van der Waals surface area (Å²) in [6, 6.07) is 6.79. The summed E-state index contributed by atoms with van der Waals surface area (Å²) in [5.74, 6) is 1.17. The lowest BCUT2D eigenvalue weighted by atomic mass is 9.65. The summed E-state index contributed by atoms with van der Waals surface area (Å²) in [5.41, 5.74) is 1.88. The number of halogens is 1. The Morgan fingerprint density at radius 1 is 1.23 bits per heavy atom. The second-order valence-corrected chi connectivity index (χ2v) is 10.6. The first kappa shape index (κ1) is 21.5. The number of benzene rings is 1. The van der Waals surface area contributed by atoms with E-state index in [-0.39, 0.29) is 23.1 Å². The van der Waals surface area contributed by atoms with Crippen molar-refractivity contribution in [2.75, 3.05) is 6.54 Å². The van der Waals surface area contributed by atoms with Crippen LogP contribution in [0.15, 0.2) is 29.4 Å². The van der Waals surface area contributed by atoms with E-state index < -0.39 is 0 Å². The summed E-state index contributed by atoms with van der Waals surface area (Å²) in [6.07, 6.45) is 8.10. The molecule has 0 aromatic heterocycles. The van der Waals surface area contributed by atoms with Crippen molar-refractivity contribution in [1.82, 2.24) is 5.01 Å². The molecular weight excluding hydrogens is 375 g/mol. The van der Waals surface area contributed by atoms with Crippen molar-refractivity contribution >= 4 is 11.5 Å². The van der Waals surface area contributed by atoms with Crippen molar-refractivity contribution in [3.05, 3.63) is 35.6 Å². The standard InChI is InChI=1S/C26H37FN2O/c1-5-6-9-14-29-23(20-10-7-8-11-21(20)27)17-22(28-29)24(30)16-19-15-18-12-13-26(19,4)25(18,2)3/h7-8,10-11,18-19,23H,5-6,9,12-17H2,1-4H3/t18-,19+,23?,26-/m0/s1. The number of ketones is 1. The average Bonchev–Trinajstić information content (AvgIpc) is 3.28. The summed E-state index contributed by atoms with van der Waals surface area (Å²) >= 11 is 0. The van der Waals surface area contributed by atoms with Crippen molar-refractivity contribution in [1.29, 1.82) is 0 Å². The third kappa shape index (κ3) is 3.50. The van der Waals surface area contributed by atoms with E-state index in [1.165, 1.54) is 25.3 Å². The zero-order valence-corrected chi connectivity index (χ0v) is 19.1. The first-order valence-electron chi connectivity index (χ1n) is 11.9. The van der Waals surface area contributed by atoms with Gasteiger partial charge in [-0.15, -0.1) is 0 Å². The normalized spacial score (nSPS) is 32.0. The van der Waals surface area contributed by atoms with E-state index in [1.54, 1.807) is 6.07 Å². The van der Waals surface area contributed by atoms with E-state index in [0.717, 1.165) is 31.7 Å². The molecule has 3 nitrogen and oxygen atoms in total. The summed E-state index contributed by atoms with van der Waals surface area (Å²) in [7, 11) is 0. The number of unbranched alkanes of at least 4 members (excludes halogenated alkanes) is 2. The zero-order valence-electron chi connectivity index (χ0n) is 19.1. The number of hydrogen-bond acceptors (Lipinski definition) is 3. The number of carbonyl (C=O) groups is 1. The maximum absolute atomic E-state index is 14.5. The molecule has 4 rings (SSSR count). The van der Waals surface area contributed by atoms with Crippen LogP contribution in [-0.4, -0.2) is 23.0 Å². The molecule has 2 bridgehead atoms. The van der Waals surface area contributed by atoms with Gasteiger partial charge >= 0.3 is 0 Å². The highest BCUT2D eigenvalue weighted by molar-refractivity contribution is 6.40. The highest BCUT2D eigenvalue weighted by atomic mass is 19.1. The number of hydrazone groups is 1. The fourth-order valence-electron chi connectivity index (χ4n) is 6.49. The Morgan fingerprint density at radius 2 is 2.00 bits per heavy atom. The Balaban J connectivity index is 1.50. The molecule has 2 saturated carbocycles. The van der Waals surface area contributed by atoms with Crippen molar-refractivity contribution in [2.24, 2.45) is 27.8 Å². The van der Waals surface area contributed by atoms with Gasteiger partial charge in [-0.2, -0.15) is 5.10 Å². The van der Waals surface area contributed by atoms with Gasteiger partial charge < -0.3 is 0 Å². The first-order chi connectivity index (χ1) is 14.3. The van der Waals surface area contributed by atoms with Gasteiger partial charge in [0.05, 0.1) is 6.04 Å². The summed E-state index contributed by atoms with van der Waals surface area (Å²) < 4.78 is 14.5. The van der Waals surface area contributed by atoms with Gasteiger partial charge in [-0.05, 0) is 54.4 Å². The number of nitrogens with zero attached hydrogens (tertiary/aromatic N) is 2. The van der Waals surface area contributed by atoms with Crippen LogP contribution in [0, 0.1) is 28.5 Å². The highest BCUT2D eigenvalue weighted by Gasteiger charge is 2.61. The third-order valence-corrected chi connectivity index (χ3v) is 8.98. The molecule has 0 spiro atoms. The zero-order chi connectivity index (χ0) is 21.5. The molecule has 2 aliphatic carbocycles. The Kier molecular flexibility index (Phi) is 5.80. The monoisotopic (exact) mass is 412 g/mol. The molecule has 0 amide bonds. The van der Waals surface area contributed by atoms with Gasteiger partial charge in [-0.3, -0.25) is 9.80 Å². The van der Waals surface area contributed by atoms with E-state index in [0.29, 0.717) is 35.4 Å². The number of fused-ring (bicyclic) bond motifs is 2. The van der Waals surface area contributed by atoms with Crippen LogP contribution in [0.25, 0.3) is 0 Å². The van der Waals surface area contributed by atoms with E-state index in [1.807, 2.05) is 17.1 Å². The van der Waals surface area contributed by atoms with Crippen LogP contribution in [-0.2, 0) is 4.79 Å². The molecule has 1 aromatic carbocycles. The minimum absolute atomic E-state index is 0.158. The van der Waals surface area contributed by atoms with E-state index in [4.69, 9.17) is 5.10 Å². The highest BCUT2D eigenvalue weighted by Crippen LogP contribution is 2.68. The smallest absolute Gasteiger partial charge is 0.179 e. The van der Waals surface area contributed by atoms with Gasteiger partial charge in [-0.25, -0.2) is 4.39 Å². The van der Waals surface area contributed by atoms with Gasteiger partial charge in [0, 0.05) is 24.9 Å². The lowest BCUT2D eigenvalue weighted by Crippen LogP contribution is -2.34. The van der Waals surface area contributed by atoms with Crippen LogP contribution in [0.1, 0.15) is 90.7 Å². The molecule has 1 aliphatic heterocycles. The number of hydrogen-bond donors (Lipinski definition) is 0. The van der Waals surface area contributed by atoms with E-state index in [9.17, 15) is 9.18 Å². The van der Waals surface area contributed by atoms with Gasteiger partial charge in [0.15, 0.2) is 5.78 Å². The molecule has 1 unspecified atom stereocenters.